The van der Waals surface area contributed by atoms with Crippen LogP contribution in [0.15, 0.2) is 72.8 Å². The number of aromatic nitrogens is 2. The van der Waals surface area contributed by atoms with Crippen LogP contribution in [0, 0.1) is 0 Å². The second-order valence-corrected chi connectivity index (χ2v) is 6.04. The van der Waals surface area contributed by atoms with Gasteiger partial charge in [0, 0.05) is 5.56 Å². The molecule has 0 saturated heterocycles. The van der Waals surface area contributed by atoms with Gasteiger partial charge in [-0.1, -0.05) is 30.3 Å². The fraction of sp³-hybridized carbons (Fsp3) is 0.0909. The largest absolute Gasteiger partial charge is 0.465 e. The van der Waals surface area contributed by atoms with E-state index < -0.39 is 5.97 Å². The van der Waals surface area contributed by atoms with Crippen molar-refractivity contribution in [2.75, 3.05) is 7.11 Å². The number of methoxy groups -OCH3 is 1. The van der Waals surface area contributed by atoms with Gasteiger partial charge in [0.2, 0.25) is 5.78 Å². The standard InChI is InChI=1S/C22H18N2O4/c1-15(25)8-13-21(26)20-14-19(16-6-4-3-5-7-16)23-24(20)18-11-9-17(10-12-18)22(27)28-2/h3-14H,1-2H3/b13-8+. The van der Waals surface area contributed by atoms with Crippen LogP contribution in [0.25, 0.3) is 16.9 Å². The number of hydrogen-bond acceptors (Lipinski definition) is 5. The third-order valence-corrected chi connectivity index (χ3v) is 4.03. The topological polar surface area (TPSA) is 78.3 Å². The number of carbonyl (C=O) groups excluding carboxylic acids is 3. The summed E-state index contributed by atoms with van der Waals surface area (Å²) in [6, 6.07) is 17.7. The summed E-state index contributed by atoms with van der Waals surface area (Å²) in [6.45, 7) is 1.38. The van der Waals surface area contributed by atoms with Gasteiger partial charge in [-0.15, -0.1) is 0 Å². The van der Waals surface area contributed by atoms with E-state index in [9.17, 15) is 14.4 Å². The van der Waals surface area contributed by atoms with Crippen molar-refractivity contribution >= 4 is 17.5 Å². The number of rotatable bonds is 6. The number of hydrogen-bond donors (Lipinski definition) is 0. The first-order valence-corrected chi connectivity index (χ1v) is 8.57. The first-order valence-electron chi connectivity index (χ1n) is 8.57. The molecule has 0 spiro atoms. The lowest BCUT2D eigenvalue weighted by Gasteiger charge is -2.06. The zero-order valence-electron chi connectivity index (χ0n) is 15.5. The minimum atomic E-state index is -0.447. The Morgan fingerprint density at radius 1 is 0.964 bits per heavy atom. The molecule has 6 nitrogen and oxygen atoms in total. The lowest BCUT2D eigenvalue weighted by molar-refractivity contribution is -0.112. The van der Waals surface area contributed by atoms with E-state index in [1.807, 2.05) is 30.3 Å². The molecule has 3 aromatic rings. The zero-order valence-corrected chi connectivity index (χ0v) is 15.5. The summed E-state index contributed by atoms with van der Waals surface area (Å²) in [6.07, 6.45) is 2.45. The Balaban J connectivity index is 2.07. The minimum absolute atomic E-state index is 0.217. The summed E-state index contributed by atoms with van der Waals surface area (Å²) in [4.78, 5) is 35.5. The quantitative estimate of drug-likeness (QED) is 0.374. The van der Waals surface area contributed by atoms with Gasteiger partial charge in [0.05, 0.1) is 24.1 Å². The zero-order chi connectivity index (χ0) is 20.1. The highest BCUT2D eigenvalue weighted by Crippen LogP contribution is 2.22. The number of esters is 1. The highest BCUT2D eigenvalue weighted by molar-refractivity contribution is 6.07. The number of ether oxygens (including phenoxy) is 1. The molecule has 0 aliphatic rings. The summed E-state index contributed by atoms with van der Waals surface area (Å²) in [7, 11) is 1.31. The van der Waals surface area contributed by atoms with Crippen LogP contribution in [0.1, 0.15) is 27.8 Å². The summed E-state index contributed by atoms with van der Waals surface area (Å²) >= 11 is 0. The van der Waals surface area contributed by atoms with Gasteiger partial charge < -0.3 is 4.74 Å². The van der Waals surface area contributed by atoms with Gasteiger partial charge in [-0.2, -0.15) is 5.10 Å². The third kappa shape index (κ3) is 4.12. The van der Waals surface area contributed by atoms with E-state index in [2.05, 4.69) is 5.10 Å². The van der Waals surface area contributed by atoms with E-state index >= 15 is 0 Å². The number of allylic oxidation sites excluding steroid dienone is 2. The number of ketones is 2. The Morgan fingerprint density at radius 3 is 2.25 bits per heavy atom. The lowest BCUT2D eigenvalue weighted by Crippen LogP contribution is -2.08. The SMILES string of the molecule is COC(=O)c1ccc(-n2nc(-c3ccccc3)cc2C(=O)/C=C/C(C)=O)cc1. The van der Waals surface area contributed by atoms with Gasteiger partial charge in [-0.3, -0.25) is 9.59 Å². The van der Waals surface area contributed by atoms with E-state index in [4.69, 9.17) is 4.74 Å². The van der Waals surface area contributed by atoms with Crippen molar-refractivity contribution in [3.05, 3.63) is 84.1 Å². The second kappa shape index (κ2) is 8.26. The van der Waals surface area contributed by atoms with Crippen LogP contribution in [0.5, 0.6) is 0 Å². The molecule has 0 radical (unpaired) electrons. The first-order chi connectivity index (χ1) is 13.5. The monoisotopic (exact) mass is 374 g/mol. The Bertz CT molecular complexity index is 1050. The van der Waals surface area contributed by atoms with Crippen LogP contribution in [0.2, 0.25) is 0 Å². The fourth-order valence-electron chi connectivity index (χ4n) is 2.64. The summed E-state index contributed by atoms with van der Waals surface area (Å²) in [5.74, 6) is -1.01. The van der Waals surface area contributed by atoms with E-state index in [0.29, 0.717) is 22.6 Å². The van der Waals surface area contributed by atoms with Crippen molar-refractivity contribution < 1.29 is 19.1 Å². The van der Waals surface area contributed by atoms with Crippen molar-refractivity contribution in [1.29, 1.82) is 0 Å². The summed E-state index contributed by atoms with van der Waals surface area (Å²) in [5, 5.41) is 4.55. The average Bonchev–Trinajstić information content (AvgIpc) is 3.17. The maximum atomic E-state index is 12.6. The van der Waals surface area contributed by atoms with Crippen LogP contribution in [-0.2, 0) is 9.53 Å². The maximum Gasteiger partial charge on any atom is 0.337 e. The van der Waals surface area contributed by atoms with Crippen LogP contribution in [-0.4, -0.2) is 34.4 Å². The predicted octanol–water partition coefficient (Wildman–Crippen LogP) is 3.65. The molecule has 6 heteroatoms. The van der Waals surface area contributed by atoms with Crippen LogP contribution < -0.4 is 0 Å². The molecule has 140 valence electrons. The molecule has 0 N–H and O–H groups in total. The molecule has 0 saturated carbocycles. The molecule has 1 aromatic heterocycles. The van der Waals surface area contributed by atoms with Gasteiger partial charge in [0.25, 0.3) is 0 Å². The molecular formula is C22H18N2O4. The number of benzene rings is 2. The van der Waals surface area contributed by atoms with Gasteiger partial charge >= 0.3 is 5.97 Å². The Morgan fingerprint density at radius 2 is 1.64 bits per heavy atom. The van der Waals surface area contributed by atoms with E-state index in [0.717, 1.165) is 5.56 Å². The average molecular weight is 374 g/mol. The van der Waals surface area contributed by atoms with Crippen molar-refractivity contribution in [2.24, 2.45) is 0 Å². The van der Waals surface area contributed by atoms with Crippen molar-refractivity contribution in [2.45, 2.75) is 6.92 Å². The maximum absolute atomic E-state index is 12.6. The lowest BCUT2D eigenvalue weighted by atomic mass is 10.1. The molecule has 3 rings (SSSR count). The molecule has 0 aliphatic carbocycles. The molecule has 0 aliphatic heterocycles. The van der Waals surface area contributed by atoms with Gasteiger partial charge in [0.1, 0.15) is 5.69 Å². The van der Waals surface area contributed by atoms with Crippen LogP contribution in [0.3, 0.4) is 0 Å². The van der Waals surface area contributed by atoms with Gasteiger partial charge in [-0.05, 0) is 49.4 Å². The number of carbonyl (C=O) groups is 3. The summed E-state index contributed by atoms with van der Waals surface area (Å²) < 4.78 is 6.20. The number of nitrogens with zero attached hydrogens (tertiary/aromatic N) is 2. The highest BCUT2D eigenvalue weighted by atomic mass is 16.5. The van der Waals surface area contributed by atoms with Crippen LogP contribution in [0.4, 0.5) is 0 Å². The minimum Gasteiger partial charge on any atom is -0.465 e. The predicted molar refractivity (Wildman–Crippen MR) is 104 cm³/mol. The molecule has 0 atom stereocenters. The van der Waals surface area contributed by atoms with E-state index in [1.165, 1.54) is 30.9 Å². The molecule has 1 heterocycles. The molecule has 0 unspecified atom stereocenters. The fourth-order valence-corrected chi connectivity index (χ4v) is 2.64. The first kappa shape index (κ1) is 19.0. The van der Waals surface area contributed by atoms with Crippen molar-refractivity contribution in [3.8, 4) is 16.9 Å². The van der Waals surface area contributed by atoms with Crippen LogP contribution >= 0.6 is 0 Å². The van der Waals surface area contributed by atoms with E-state index in [-0.39, 0.29) is 11.6 Å². The Labute approximate surface area is 162 Å². The Hall–Kier alpha value is -3.80. The summed E-state index contributed by atoms with van der Waals surface area (Å²) in [5.41, 5.74) is 2.79. The van der Waals surface area contributed by atoms with Crippen molar-refractivity contribution in [3.63, 3.8) is 0 Å². The van der Waals surface area contributed by atoms with Gasteiger partial charge in [0.15, 0.2) is 5.78 Å². The third-order valence-electron chi connectivity index (χ3n) is 4.03. The van der Waals surface area contributed by atoms with Gasteiger partial charge in [-0.25, -0.2) is 9.48 Å². The highest BCUT2D eigenvalue weighted by Gasteiger charge is 2.16. The van der Waals surface area contributed by atoms with Crippen molar-refractivity contribution in [1.82, 2.24) is 9.78 Å². The molecule has 28 heavy (non-hydrogen) atoms. The Kier molecular flexibility index (Phi) is 5.60. The normalized spacial score (nSPS) is 10.8. The molecular weight excluding hydrogens is 356 g/mol. The molecule has 0 amide bonds. The molecule has 0 fully saturated rings. The molecule has 0 bridgehead atoms. The smallest absolute Gasteiger partial charge is 0.337 e. The molecule has 2 aromatic carbocycles. The second-order valence-electron chi connectivity index (χ2n) is 6.04. The van der Waals surface area contributed by atoms with E-state index in [1.54, 1.807) is 30.3 Å².